The first kappa shape index (κ1) is 22.0. The zero-order valence-electron chi connectivity index (χ0n) is 18.1. The van der Waals surface area contributed by atoms with Gasteiger partial charge >= 0.3 is 12.0 Å². The van der Waals surface area contributed by atoms with Crippen LogP contribution in [0.3, 0.4) is 0 Å². The van der Waals surface area contributed by atoms with Crippen molar-refractivity contribution in [2.45, 2.75) is 66.6 Å². The lowest BCUT2D eigenvalue weighted by Gasteiger charge is -2.35. The largest absolute Gasteiger partial charge is 0.463 e. The van der Waals surface area contributed by atoms with Crippen LogP contribution in [0.5, 0.6) is 0 Å². The lowest BCUT2D eigenvalue weighted by molar-refractivity contribution is -0.139. The highest BCUT2D eigenvalue weighted by atomic mass is 16.5. The lowest BCUT2D eigenvalue weighted by Crippen LogP contribution is -2.50. The highest BCUT2D eigenvalue weighted by Gasteiger charge is 2.35. The molecule has 1 atom stereocenters. The summed E-state index contributed by atoms with van der Waals surface area (Å²) in [6, 6.07) is 5.74. The van der Waals surface area contributed by atoms with Crippen molar-refractivity contribution in [1.29, 1.82) is 0 Å². The van der Waals surface area contributed by atoms with Gasteiger partial charge in [-0.3, -0.25) is 4.90 Å². The van der Waals surface area contributed by atoms with Crippen molar-refractivity contribution in [2.75, 3.05) is 13.2 Å². The van der Waals surface area contributed by atoms with E-state index in [2.05, 4.69) is 43.2 Å². The van der Waals surface area contributed by atoms with E-state index in [9.17, 15) is 9.59 Å². The van der Waals surface area contributed by atoms with Gasteiger partial charge in [0.1, 0.15) is 0 Å². The maximum atomic E-state index is 12.9. The van der Waals surface area contributed by atoms with E-state index in [1.807, 2.05) is 32.0 Å². The van der Waals surface area contributed by atoms with E-state index in [1.165, 1.54) is 0 Å². The maximum Gasteiger partial charge on any atom is 0.338 e. The first-order valence-electron chi connectivity index (χ1n) is 9.96. The molecule has 0 aliphatic carbocycles. The molecule has 1 aromatic carbocycles. The summed E-state index contributed by atoms with van der Waals surface area (Å²) in [7, 11) is 0. The minimum atomic E-state index is -0.538. The van der Waals surface area contributed by atoms with E-state index < -0.39 is 12.0 Å². The Morgan fingerprint density at radius 1 is 1.18 bits per heavy atom. The van der Waals surface area contributed by atoms with Crippen LogP contribution in [0.2, 0.25) is 0 Å². The van der Waals surface area contributed by atoms with Gasteiger partial charge in [0.25, 0.3) is 0 Å². The van der Waals surface area contributed by atoms with E-state index in [0.717, 1.165) is 16.7 Å². The maximum absolute atomic E-state index is 12.9. The molecule has 6 nitrogen and oxygen atoms in total. The predicted molar refractivity (Wildman–Crippen MR) is 111 cm³/mol. The summed E-state index contributed by atoms with van der Waals surface area (Å²) in [6.07, 6.45) is 0. The number of urea groups is 1. The highest BCUT2D eigenvalue weighted by Crippen LogP contribution is 2.31. The van der Waals surface area contributed by atoms with Crippen molar-refractivity contribution >= 4 is 12.0 Å². The topological polar surface area (TPSA) is 70.7 Å². The second kappa shape index (κ2) is 9.24. The summed E-state index contributed by atoms with van der Waals surface area (Å²) in [6.45, 7) is 14.9. The van der Waals surface area contributed by atoms with E-state index in [4.69, 9.17) is 4.74 Å². The smallest absolute Gasteiger partial charge is 0.338 e. The van der Waals surface area contributed by atoms with Gasteiger partial charge in [-0.1, -0.05) is 23.8 Å². The summed E-state index contributed by atoms with van der Waals surface area (Å²) < 4.78 is 5.36. The van der Waals surface area contributed by atoms with Gasteiger partial charge < -0.3 is 15.4 Å². The molecule has 1 aliphatic rings. The van der Waals surface area contributed by atoms with E-state index in [0.29, 0.717) is 17.8 Å². The predicted octanol–water partition coefficient (Wildman–Crippen LogP) is 3.59. The molecule has 0 aromatic heterocycles. The fourth-order valence-corrected chi connectivity index (χ4v) is 3.64. The van der Waals surface area contributed by atoms with Crippen molar-refractivity contribution in [3.05, 3.63) is 46.2 Å². The normalized spacial score (nSPS) is 17.2. The Morgan fingerprint density at radius 2 is 1.82 bits per heavy atom. The van der Waals surface area contributed by atoms with Gasteiger partial charge in [-0.2, -0.15) is 0 Å². The van der Waals surface area contributed by atoms with Crippen molar-refractivity contribution in [1.82, 2.24) is 15.5 Å². The summed E-state index contributed by atoms with van der Waals surface area (Å²) >= 11 is 0. The molecule has 0 radical (unpaired) electrons. The molecule has 1 heterocycles. The third kappa shape index (κ3) is 4.93. The van der Waals surface area contributed by atoms with Crippen LogP contribution in [-0.4, -0.2) is 42.1 Å². The molecular formula is C22H33N3O3. The first-order valence-corrected chi connectivity index (χ1v) is 9.96. The number of ether oxygens (including phenoxy) is 1. The van der Waals surface area contributed by atoms with Crippen LogP contribution in [0.15, 0.2) is 29.5 Å². The monoisotopic (exact) mass is 387 g/mol. The van der Waals surface area contributed by atoms with Crippen molar-refractivity contribution < 1.29 is 14.3 Å². The van der Waals surface area contributed by atoms with Crippen LogP contribution in [0.25, 0.3) is 0 Å². The molecule has 2 N–H and O–H groups in total. The number of carbonyl (C=O) groups is 2. The number of nitrogens with one attached hydrogen (secondary N) is 2. The Hall–Kier alpha value is -2.34. The molecule has 0 unspecified atom stereocenters. The van der Waals surface area contributed by atoms with Crippen LogP contribution in [-0.2, 0) is 9.53 Å². The van der Waals surface area contributed by atoms with Gasteiger partial charge in [-0.05, 0) is 59.6 Å². The zero-order valence-corrected chi connectivity index (χ0v) is 18.1. The number of hydrogen-bond acceptors (Lipinski definition) is 4. The van der Waals surface area contributed by atoms with Crippen LogP contribution in [0.1, 0.15) is 57.4 Å². The molecule has 0 saturated carbocycles. The van der Waals surface area contributed by atoms with E-state index in [-0.39, 0.29) is 24.7 Å². The number of hydrogen-bond donors (Lipinski definition) is 2. The number of aryl methyl sites for hydroxylation is 2. The minimum absolute atomic E-state index is 0.266. The number of carbonyl (C=O) groups excluding carboxylic acids is 2. The summed E-state index contributed by atoms with van der Waals surface area (Å²) in [4.78, 5) is 27.6. The zero-order chi connectivity index (χ0) is 21.0. The standard InChI is InChI=1S/C22H33N3O3/c1-8-28-21(26)19-18(12-25(13(2)3)14(4)5)23-22(27)24-20(19)17-11-15(6)9-10-16(17)7/h9-11,13-14,20H,8,12H2,1-7H3,(H2,23,24,27)/t20-/m0/s1. The van der Waals surface area contributed by atoms with Crippen LogP contribution >= 0.6 is 0 Å². The Labute approximate surface area is 168 Å². The SMILES string of the molecule is CCOC(=O)C1=C(CN(C(C)C)C(C)C)NC(=O)N[C@H]1c1cc(C)ccc1C. The Balaban J connectivity index is 2.60. The average Bonchev–Trinajstić information content (AvgIpc) is 2.60. The number of benzene rings is 1. The molecule has 1 aromatic rings. The Bertz CT molecular complexity index is 760. The molecule has 1 aliphatic heterocycles. The first-order chi connectivity index (χ1) is 13.1. The molecule has 154 valence electrons. The van der Waals surface area contributed by atoms with Gasteiger partial charge in [0.15, 0.2) is 0 Å². The van der Waals surface area contributed by atoms with E-state index >= 15 is 0 Å². The molecule has 28 heavy (non-hydrogen) atoms. The van der Waals surface area contributed by atoms with Gasteiger partial charge in [0.2, 0.25) is 0 Å². The van der Waals surface area contributed by atoms with Gasteiger partial charge in [-0.15, -0.1) is 0 Å². The fraction of sp³-hybridized carbons (Fsp3) is 0.545. The number of esters is 1. The minimum Gasteiger partial charge on any atom is -0.463 e. The van der Waals surface area contributed by atoms with Crippen molar-refractivity contribution in [3.8, 4) is 0 Å². The lowest BCUT2D eigenvalue weighted by atomic mass is 9.90. The van der Waals surface area contributed by atoms with Crippen molar-refractivity contribution in [3.63, 3.8) is 0 Å². The third-order valence-electron chi connectivity index (χ3n) is 5.06. The quantitative estimate of drug-likeness (QED) is 0.702. The van der Waals surface area contributed by atoms with Crippen LogP contribution in [0, 0.1) is 13.8 Å². The summed E-state index contributed by atoms with van der Waals surface area (Å²) in [5, 5.41) is 5.79. The molecule has 6 heteroatoms. The molecule has 2 amide bonds. The number of nitrogens with zero attached hydrogens (tertiary/aromatic N) is 1. The second-order valence-corrected chi connectivity index (χ2v) is 7.86. The van der Waals surface area contributed by atoms with Crippen LogP contribution < -0.4 is 10.6 Å². The van der Waals surface area contributed by atoms with E-state index in [1.54, 1.807) is 6.92 Å². The molecule has 0 spiro atoms. The third-order valence-corrected chi connectivity index (χ3v) is 5.06. The average molecular weight is 388 g/mol. The highest BCUT2D eigenvalue weighted by molar-refractivity contribution is 5.95. The number of rotatable bonds is 7. The Morgan fingerprint density at radius 3 is 2.39 bits per heavy atom. The molecule has 0 fully saturated rings. The number of amides is 2. The molecule has 0 saturated heterocycles. The van der Waals surface area contributed by atoms with Crippen LogP contribution in [0.4, 0.5) is 4.79 Å². The summed E-state index contributed by atoms with van der Waals surface area (Å²) in [5.74, 6) is -0.400. The van der Waals surface area contributed by atoms with Gasteiger partial charge in [0, 0.05) is 24.3 Å². The Kier molecular flexibility index (Phi) is 7.24. The molecular weight excluding hydrogens is 354 g/mol. The van der Waals surface area contributed by atoms with Crippen molar-refractivity contribution in [2.24, 2.45) is 0 Å². The second-order valence-electron chi connectivity index (χ2n) is 7.86. The fourth-order valence-electron chi connectivity index (χ4n) is 3.64. The summed E-state index contributed by atoms with van der Waals surface area (Å²) in [5.41, 5.74) is 4.08. The van der Waals surface area contributed by atoms with Gasteiger partial charge in [-0.25, -0.2) is 9.59 Å². The van der Waals surface area contributed by atoms with Gasteiger partial charge in [0.05, 0.1) is 18.2 Å². The molecule has 0 bridgehead atoms. The molecule has 2 rings (SSSR count).